The van der Waals surface area contributed by atoms with Crippen molar-refractivity contribution < 1.29 is 38.1 Å². The zero-order valence-electron chi connectivity index (χ0n) is 33.0. The van der Waals surface area contributed by atoms with Crippen molar-refractivity contribution in [2.75, 3.05) is 26.4 Å². The predicted octanol–water partition coefficient (Wildman–Crippen LogP) is 11.6. The first-order valence-electron chi connectivity index (χ1n) is 20.1. The van der Waals surface area contributed by atoms with E-state index in [0.717, 1.165) is 103 Å². The highest BCUT2D eigenvalue weighted by Gasteiger charge is 2.27. The molecule has 0 spiro atoms. The Morgan fingerprint density at radius 2 is 0.981 bits per heavy atom. The van der Waals surface area contributed by atoms with Crippen molar-refractivity contribution in [3.63, 3.8) is 0 Å². The number of unbranched alkanes of at least 4 members (excludes halogenated alkanes) is 10. The number of hydrogen-bond donors (Lipinski definition) is 0. The molecule has 8 nitrogen and oxygen atoms in total. The summed E-state index contributed by atoms with van der Waals surface area (Å²) in [5.74, 6) is -2.20. The minimum Gasteiger partial charge on any atom is -0.462 e. The van der Waals surface area contributed by atoms with Crippen LogP contribution in [0.15, 0.2) is 36.4 Å². The second-order valence-electron chi connectivity index (χ2n) is 14.3. The Bertz CT molecular complexity index is 1370. The first-order chi connectivity index (χ1) is 25.2. The van der Waals surface area contributed by atoms with E-state index < -0.39 is 23.9 Å². The summed E-state index contributed by atoms with van der Waals surface area (Å²) >= 11 is 0. The van der Waals surface area contributed by atoms with E-state index in [1.54, 1.807) is 30.3 Å². The first-order valence-corrected chi connectivity index (χ1v) is 20.1. The molecule has 52 heavy (non-hydrogen) atoms. The summed E-state index contributed by atoms with van der Waals surface area (Å²) in [6, 6.07) is 9.72. The van der Waals surface area contributed by atoms with Gasteiger partial charge in [-0.2, -0.15) is 0 Å². The molecule has 0 heterocycles. The van der Waals surface area contributed by atoms with Gasteiger partial charge in [0, 0.05) is 0 Å². The van der Waals surface area contributed by atoms with Crippen LogP contribution in [0.3, 0.4) is 0 Å². The van der Waals surface area contributed by atoms with Crippen LogP contribution in [-0.2, 0) is 18.9 Å². The van der Waals surface area contributed by atoms with Gasteiger partial charge in [-0.1, -0.05) is 137 Å². The minimum absolute atomic E-state index is 0.0451. The maximum atomic E-state index is 13.9. The molecule has 8 heteroatoms. The Labute approximate surface area is 313 Å². The van der Waals surface area contributed by atoms with E-state index in [2.05, 4.69) is 27.7 Å². The molecule has 2 aromatic rings. The highest BCUT2D eigenvalue weighted by molar-refractivity contribution is 6.09. The van der Waals surface area contributed by atoms with Crippen molar-refractivity contribution in [1.29, 1.82) is 0 Å². The largest absolute Gasteiger partial charge is 0.462 e. The van der Waals surface area contributed by atoms with E-state index in [-0.39, 0.29) is 60.5 Å². The fraction of sp³-hybridized carbons (Fsp3) is 0.636. The molecule has 0 fully saturated rings. The molecule has 0 aliphatic carbocycles. The lowest BCUT2D eigenvalue weighted by molar-refractivity contribution is 0.0416. The fourth-order valence-corrected chi connectivity index (χ4v) is 6.00. The number of hydrogen-bond acceptors (Lipinski definition) is 8. The third-order valence-corrected chi connectivity index (χ3v) is 9.32. The summed E-state index contributed by atoms with van der Waals surface area (Å²) < 4.78 is 22.8. The molecule has 0 aliphatic heterocycles. The van der Waals surface area contributed by atoms with Crippen LogP contribution in [-0.4, -0.2) is 50.3 Å². The van der Waals surface area contributed by atoms with Gasteiger partial charge in [0.15, 0.2) is 0 Å². The van der Waals surface area contributed by atoms with E-state index in [9.17, 15) is 19.2 Å². The number of carbonyl (C=O) groups excluding carboxylic acids is 4. The molecule has 2 rings (SSSR count). The lowest BCUT2D eigenvalue weighted by Gasteiger charge is -2.18. The SMILES string of the molecule is CCCCCCCOC(=O)c1ccc(-c2cccc(C(=O)OCCCCCCC)c2C(=O)OCC(C)CCCC)cc1C(=O)OCC(C)CCCC. The van der Waals surface area contributed by atoms with Crippen LogP contribution in [0.2, 0.25) is 0 Å². The van der Waals surface area contributed by atoms with Gasteiger partial charge in [0.25, 0.3) is 0 Å². The van der Waals surface area contributed by atoms with Gasteiger partial charge in [-0.15, -0.1) is 0 Å². The van der Waals surface area contributed by atoms with E-state index in [4.69, 9.17) is 18.9 Å². The minimum atomic E-state index is -0.646. The molecule has 290 valence electrons. The molecule has 0 N–H and O–H groups in total. The van der Waals surface area contributed by atoms with Crippen molar-refractivity contribution >= 4 is 23.9 Å². The average Bonchev–Trinajstić information content (AvgIpc) is 3.16. The van der Waals surface area contributed by atoms with Crippen LogP contribution in [0.4, 0.5) is 0 Å². The molecule has 0 radical (unpaired) electrons. The lowest BCUT2D eigenvalue weighted by Crippen LogP contribution is -2.19. The zero-order valence-corrected chi connectivity index (χ0v) is 33.0. The van der Waals surface area contributed by atoms with E-state index >= 15 is 0 Å². The summed E-state index contributed by atoms with van der Waals surface area (Å²) in [6.07, 6.45) is 16.0. The number of benzene rings is 2. The van der Waals surface area contributed by atoms with Gasteiger partial charge in [0.1, 0.15) is 0 Å². The number of ether oxygens (including phenoxy) is 4. The van der Waals surface area contributed by atoms with Gasteiger partial charge < -0.3 is 18.9 Å². The summed E-state index contributed by atoms with van der Waals surface area (Å²) in [7, 11) is 0. The Hall–Kier alpha value is -3.68. The molecule has 0 bridgehead atoms. The van der Waals surface area contributed by atoms with Crippen LogP contribution >= 0.6 is 0 Å². The van der Waals surface area contributed by atoms with Crippen molar-refractivity contribution in [1.82, 2.24) is 0 Å². The van der Waals surface area contributed by atoms with Crippen LogP contribution in [0.1, 0.15) is 186 Å². The van der Waals surface area contributed by atoms with E-state index in [1.807, 2.05) is 13.8 Å². The monoisotopic (exact) mass is 722 g/mol. The third kappa shape index (κ3) is 15.9. The third-order valence-electron chi connectivity index (χ3n) is 9.32. The highest BCUT2D eigenvalue weighted by Crippen LogP contribution is 2.31. The van der Waals surface area contributed by atoms with Gasteiger partial charge in [-0.3, -0.25) is 0 Å². The van der Waals surface area contributed by atoms with Crippen molar-refractivity contribution in [2.24, 2.45) is 11.8 Å². The topological polar surface area (TPSA) is 105 Å². The maximum absolute atomic E-state index is 13.9. The molecule has 0 aliphatic rings. The molecule has 0 amide bonds. The second kappa shape index (κ2) is 26.1. The van der Waals surface area contributed by atoms with Crippen LogP contribution < -0.4 is 0 Å². The molecule has 0 saturated heterocycles. The van der Waals surface area contributed by atoms with Crippen molar-refractivity contribution in [3.05, 3.63) is 58.7 Å². The smallest absolute Gasteiger partial charge is 0.339 e. The van der Waals surface area contributed by atoms with Gasteiger partial charge in [-0.05, 0) is 66.8 Å². The maximum Gasteiger partial charge on any atom is 0.339 e. The second-order valence-corrected chi connectivity index (χ2v) is 14.3. The van der Waals surface area contributed by atoms with Gasteiger partial charge >= 0.3 is 23.9 Å². The zero-order chi connectivity index (χ0) is 38.1. The van der Waals surface area contributed by atoms with Gasteiger partial charge in [0.05, 0.1) is 48.7 Å². The quantitative estimate of drug-likeness (QED) is 0.0510. The first kappa shape index (κ1) is 44.5. The number of esters is 4. The molecule has 0 saturated carbocycles. The summed E-state index contributed by atoms with van der Waals surface area (Å²) in [4.78, 5) is 54.3. The van der Waals surface area contributed by atoms with Crippen molar-refractivity contribution in [2.45, 2.75) is 144 Å². The summed E-state index contributed by atoms with van der Waals surface area (Å²) in [6.45, 7) is 13.5. The molecule has 2 unspecified atom stereocenters. The molecule has 0 aromatic heterocycles. The summed E-state index contributed by atoms with van der Waals surface area (Å²) in [5.41, 5.74) is 1.15. The Morgan fingerprint density at radius 3 is 1.52 bits per heavy atom. The van der Waals surface area contributed by atoms with Crippen LogP contribution in [0.25, 0.3) is 11.1 Å². The fourth-order valence-electron chi connectivity index (χ4n) is 6.00. The van der Waals surface area contributed by atoms with E-state index in [1.165, 1.54) is 6.07 Å². The Balaban J connectivity index is 2.51. The molecular formula is C44H66O8. The number of rotatable bonds is 27. The van der Waals surface area contributed by atoms with Gasteiger partial charge in [0.2, 0.25) is 0 Å². The Kier molecular flexibility index (Phi) is 22.4. The van der Waals surface area contributed by atoms with E-state index in [0.29, 0.717) is 11.1 Å². The molecule has 2 atom stereocenters. The lowest BCUT2D eigenvalue weighted by atomic mass is 9.92. The number of carbonyl (C=O) groups is 4. The average molecular weight is 723 g/mol. The normalized spacial score (nSPS) is 12.2. The predicted molar refractivity (Wildman–Crippen MR) is 208 cm³/mol. The van der Waals surface area contributed by atoms with Crippen LogP contribution in [0.5, 0.6) is 0 Å². The van der Waals surface area contributed by atoms with Crippen molar-refractivity contribution in [3.8, 4) is 11.1 Å². The highest BCUT2D eigenvalue weighted by atomic mass is 16.5. The molecular weight excluding hydrogens is 656 g/mol. The summed E-state index contributed by atoms with van der Waals surface area (Å²) in [5, 5.41) is 0. The Morgan fingerprint density at radius 1 is 0.500 bits per heavy atom. The van der Waals surface area contributed by atoms with Crippen LogP contribution in [0, 0.1) is 11.8 Å². The standard InChI is InChI=1S/C44H66O8/c1-7-11-15-17-19-28-49-41(45)37-27-26-35(30-39(37)43(47)51-31-33(5)22-13-9-3)36-24-21-25-38(42(46)50-29-20-18-16-12-8-2)40(36)44(48)52-32-34(6)23-14-10-4/h21,24-27,30,33-34H,7-20,22-23,28-29,31-32H2,1-6H3. The molecule has 2 aromatic carbocycles. The van der Waals surface area contributed by atoms with Gasteiger partial charge in [-0.25, -0.2) is 19.2 Å².